The molecule has 34 heavy (non-hydrogen) atoms. The lowest BCUT2D eigenvalue weighted by Gasteiger charge is -2.12. The summed E-state index contributed by atoms with van der Waals surface area (Å²) in [7, 11) is 1.63. The van der Waals surface area contributed by atoms with Gasteiger partial charge in [0, 0.05) is 17.8 Å². The van der Waals surface area contributed by atoms with Crippen LogP contribution in [0.15, 0.2) is 96.7 Å². The Labute approximate surface area is 203 Å². The maximum Gasteiger partial charge on any atom is 0.234 e. The average Bonchev–Trinajstić information content (AvgIpc) is 3.27. The van der Waals surface area contributed by atoms with Crippen LogP contribution in [0.2, 0.25) is 0 Å². The number of ether oxygens (including phenoxy) is 1. The molecule has 0 bridgehead atoms. The van der Waals surface area contributed by atoms with Crippen molar-refractivity contribution in [3.63, 3.8) is 0 Å². The summed E-state index contributed by atoms with van der Waals surface area (Å²) in [6, 6.07) is 25.7. The first-order valence-electron chi connectivity index (χ1n) is 10.9. The van der Waals surface area contributed by atoms with Gasteiger partial charge in [0.1, 0.15) is 5.75 Å². The summed E-state index contributed by atoms with van der Waals surface area (Å²) >= 11 is 1.35. The van der Waals surface area contributed by atoms with Crippen LogP contribution in [0, 0.1) is 0 Å². The van der Waals surface area contributed by atoms with Gasteiger partial charge >= 0.3 is 0 Å². The van der Waals surface area contributed by atoms with Crippen molar-refractivity contribution >= 4 is 23.4 Å². The monoisotopic (exact) mass is 470 g/mol. The van der Waals surface area contributed by atoms with E-state index in [1.165, 1.54) is 17.3 Å². The van der Waals surface area contributed by atoms with Gasteiger partial charge in [0.2, 0.25) is 5.91 Å². The Hall–Kier alpha value is -3.84. The number of hydrogen-bond donors (Lipinski definition) is 1. The number of nitrogens with one attached hydrogen (secondary N) is 1. The Morgan fingerprint density at radius 1 is 1.03 bits per heavy atom. The van der Waals surface area contributed by atoms with Crippen LogP contribution in [0.3, 0.4) is 0 Å². The second-order valence-electron chi connectivity index (χ2n) is 7.59. The molecule has 0 radical (unpaired) electrons. The predicted octanol–water partition coefficient (Wildman–Crippen LogP) is 5.46. The fourth-order valence-corrected chi connectivity index (χ4v) is 4.32. The zero-order valence-electron chi connectivity index (χ0n) is 19.0. The Morgan fingerprint density at radius 3 is 2.50 bits per heavy atom. The van der Waals surface area contributed by atoms with Gasteiger partial charge in [0.05, 0.1) is 12.9 Å². The number of thioether (sulfide) groups is 1. The van der Waals surface area contributed by atoms with Gasteiger partial charge in [-0.05, 0) is 47.9 Å². The summed E-state index contributed by atoms with van der Waals surface area (Å²) in [5.74, 6) is 1.62. The zero-order valence-corrected chi connectivity index (χ0v) is 19.8. The fourth-order valence-electron chi connectivity index (χ4n) is 3.57. The lowest BCUT2D eigenvalue weighted by atomic mass is 10.0. The normalized spacial score (nSPS) is 10.6. The number of carbonyl (C=O) groups excluding carboxylic acids is 1. The molecule has 1 heterocycles. The lowest BCUT2D eigenvalue weighted by molar-refractivity contribution is -0.113. The van der Waals surface area contributed by atoms with Gasteiger partial charge < -0.3 is 10.1 Å². The largest absolute Gasteiger partial charge is 0.497 e. The summed E-state index contributed by atoms with van der Waals surface area (Å²) in [5.41, 5.74) is 4.01. The number of amides is 1. The SMILES string of the molecule is C=CCn1c(SCC(=O)Nc2ccccc2Cc2ccccc2)nnc1-c1ccc(OC)cc1. The van der Waals surface area contributed by atoms with Gasteiger partial charge in [-0.15, -0.1) is 16.8 Å². The molecule has 4 aromatic rings. The topological polar surface area (TPSA) is 69.0 Å². The van der Waals surface area contributed by atoms with Gasteiger partial charge in [-0.25, -0.2) is 0 Å². The van der Waals surface area contributed by atoms with E-state index in [4.69, 9.17) is 4.74 Å². The third-order valence-corrected chi connectivity index (χ3v) is 6.20. The van der Waals surface area contributed by atoms with Crippen LogP contribution in [0.4, 0.5) is 5.69 Å². The van der Waals surface area contributed by atoms with Crippen molar-refractivity contribution in [1.82, 2.24) is 14.8 Å². The van der Waals surface area contributed by atoms with Crippen LogP contribution >= 0.6 is 11.8 Å². The second kappa shape index (κ2) is 11.3. The molecule has 0 aliphatic carbocycles. The number of benzene rings is 3. The Balaban J connectivity index is 1.44. The maximum atomic E-state index is 12.8. The Bertz CT molecular complexity index is 1250. The smallest absolute Gasteiger partial charge is 0.234 e. The first kappa shape index (κ1) is 23.3. The van der Waals surface area contributed by atoms with E-state index in [1.807, 2.05) is 71.3 Å². The highest BCUT2D eigenvalue weighted by Gasteiger charge is 2.16. The zero-order chi connectivity index (χ0) is 23.8. The molecular weight excluding hydrogens is 444 g/mol. The Kier molecular flexibility index (Phi) is 7.78. The molecule has 3 aromatic carbocycles. The van der Waals surface area contributed by atoms with Crippen LogP contribution in [0.25, 0.3) is 11.4 Å². The standard InChI is InChI=1S/C27H26N4O2S/c1-3-17-31-26(21-13-15-23(33-2)16-14-21)29-30-27(31)34-19-25(32)28-24-12-8-7-11-22(24)18-20-9-5-4-6-10-20/h3-16H,1,17-19H2,2H3,(H,28,32). The molecule has 1 amide bonds. The third-order valence-electron chi connectivity index (χ3n) is 5.24. The van der Waals surface area contributed by atoms with Gasteiger partial charge in [-0.1, -0.05) is 66.4 Å². The molecule has 0 aliphatic heterocycles. The number of rotatable bonds is 10. The number of allylic oxidation sites excluding steroid dienone is 1. The molecule has 0 fully saturated rings. The molecule has 0 unspecified atom stereocenters. The molecule has 4 rings (SSSR count). The van der Waals surface area contributed by atoms with Crippen molar-refractivity contribution in [2.75, 3.05) is 18.2 Å². The maximum absolute atomic E-state index is 12.8. The van der Waals surface area contributed by atoms with E-state index in [-0.39, 0.29) is 11.7 Å². The number of hydrogen-bond acceptors (Lipinski definition) is 5. The van der Waals surface area contributed by atoms with Crippen LogP contribution in [0.5, 0.6) is 5.75 Å². The highest BCUT2D eigenvalue weighted by Crippen LogP contribution is 2.26. The first-order valence-corrected chi connectivity index (χ1v) is 11.9. The summed E-state index contributed by atoms with van der Waals surface area (Å²) in [5, 5.41) is 12.4. The van der Waals surface area contributed by atoms with Crippen molar-refractivity contribution in [1.29, 1.82) is 0 Å². The van der Waals surface area contributed by atoms with Crippen molar-refractivity contribution in [2.45, 2.75) is 18.1 Å². The number of aromatic nitrogens is 3. The molecule has 7 heteroatoms. The molecular formula is C27H26N4O2S. The summed E-state index contributed by atoms with van der Waals surface area (Å²) < 4.78 is 7.19. The molecule has 0 spiro atoms. The van der Waals surface area contributed by atoms with Crippen LogP contribution in [0.1, 0.15) is 11.1 Å². The number of carbonyl (C=O) groups is 1. The second-order valence-corrected chi connectivity index (χ2v) is 8.53. The highest BCUT2D eigenvalue weighted by atomic mass is 32.2. The molecule has 6 nitrogen and oxygen atoms in total. The van der Waals surface area contributed by atoms with E-state index in [9.17, 15) is 4.79 Å². The molecule has 0 aliphatic rings. The minimum Gasteiger partial charge on any atom is -0.497 e. The third kappa shape index (κ3) is 5.74. The minimum atomic E-state index is -0.0929. The number of methoxy groups -OCH3 is 1. The van der Waals surface area contributed by atoms with Crippen LogP contribution < -0.4 is 10.1 Å². The quantitative estimate of drug-likeness (QED) is 0.246. The minimum absolute atomic E-state index is 0.0929. The number of anilines is 1. The van der Waals surface area contributed by atoms with E-state index >= 15 is 0 Å². The van der Waals surface area contributed by atoms with E-state index in [1.54, 1.807) is 13.2 Å². The van der Waals surface area contributed by atoms with Gasteiger partial charge in [0.15, 0.2) is 11.0 Å². The molecule has 0 saturated heterocycles. The van der Waals surface area contributed by atoms with Gasteiger partial charge in [0.25, 0.3) is 0 Å². The molecule has 0 atom stereocenters. The van der Waals surface area contributed by atoms with E-state index in [0.29, 0.717) is 11.7 Å². The van der Waals surface area contributed by atoms with Crippen LogP contribution in [-0.2, 0) is 17.8 Å². The fraction of sp³-hybridized carbons (Fsp3) is 0.148. The van der Waals surface area contributed by atoms with Crippen molar-refractivity contribution in [3.05, 3.63) is 103 Å². The van der Waals surface area contributed by atoms with Crippen molar-refractivity contribution < 1.29 is 9.53 Å². The first-order chi connectivity index (χ1) is 16.7. The van der Waals surface area contributed by atoms with Gasteiger partial charge in [-0.2, -0.15) is 0 Å². The summed E-state index contributed by atoms with van der Waals surface area (Å²) in [6.45, 7) is 4.39. The molecule has 0 saturated carbocycles. The van der Waals surface area contributed by atoms with Crippen LogP contribution in [-0.4, -0.2) is 33.5 Å². The number of nitrogens with zero attached hydrogens (tertiary/aromatic N) is 3. The molecule has 1 aromatic heterocycles. The summed E-state index contributed by atoms with van der Waals surface area (Å²) in [6.07, 6.45) is 2.55. The van der Waals surface area contributed by atoms with E-state index in [2.05, 4.69) is 34.2 Å². The van der Waals surface area contributed by atoms with Gasteiger partial charge in [-0.3, -0.25) is 9.36 Å². The van der Waals surface area contributed by atoms with E-state index < -0.39 is 0 Å². The van der Waals surface area contributed by atoms with E-state index in [0.717, 1.165) is 34.8 Å². The van der Waals surface area contributed by atoms with Crippen molar-refractivity contribution in [2.24, 2.45) is 0 Å². The predicted molar refractivity (Wildman–Crippen MR) is 137 cm³/mol. The highest BCUT2D eigenvalue weighted by molar-refractivity contribution is 7.99. The Morgan fingerprint density at radius 2 is 1.76 bits per heavy atom. The molecule has 1 N–H and O–H groups in total. The molecule has 172 valence electrons. The van der Waals surface area contributed by atoms with Crippen molar-refractivity contribution in [3.8, 4) is 17.1 Å². The summed E-state index contributed by atoms with van der Waals surface area (Å²) in [4.78, 5) is 12.8. The lowest BCUT2D eigenvalue weighted by Crippen LogP contribution is -2.16. The average molecular weight is 471 g/mol. The number of para-hydroxylation sites is 1.